The number of piperazine rings is 1. The summed E-state index contributed by atoms with van der Waals surface area (Å²) in [7, 11) is 1.89. The fourth-order valence-corrected chi connectivity index (χ4v) is 3.41. The van der Waals surface area contributed by atoms with Crippen molar-refractivity contribution in [3.05, 3.63) is 39.8 Å². The third-order valence-electron chi connectivity index (χ3n) is 4.75. The van der Waals surface area contributed by atoms with E-state index in [1.165, 1.54) is 0 Å². The highest BCUT2D eigenvalue weighted by Gasteiger charge is 2.22. The number of nitriles is 1. The first-order chi connectivity index (χ1) is 12.0. The van der Waals surface area contributed by atoms with Crippen molar-refractivity contribution < 1.29 is 0 Å². The molecule has 0 N–H and O–H groups in total. The Morgan fingerprint density at radius 3 is 2.60 bits per heavy atom. The number of rotatable bonds is 4. The lowest BCUT2D eigenvalue weighted by atomic mass is 10.2. The maximum atomic E-state index is 9.17. The Morgan fingerprint density at radius 2 is 1.96 bits per heavy atom. The van der Waals surface area contributed by atoms with Crippen LogP contribution in [0.25, 0.3) is 0 Å². The first-order valence-corrected chi connectivity index (χ1v) is 8.96. The molecule has 0 aliphatic carbocycles. The molecule has 2 aromatic heterocycles. The standard InChI is InChI=1S/C18H23ClN6/c1-4-15-14(18(19)23(3)22-15)12-24-7-9-25(10-8-24)17-6-5-13(2)16(11-20)21-17/h5-6H,4,7-10,12H2,1-3H3. The molecule has 132 valence electrons. The number of hydrogen-bond acceptors (Lipinski definition) is 5. The van der Waals surface area contributed by atoms with Crippen molar-refractivity contribution in [2.45, 2.75) is 26.8 Å². The fourth-order valence-electron chi connectivity index (χ4n) is 3.21. The first-order valence-electron chi connectivity index (χ1n) is 8.58. The van der Waals surface area contributed by atoms with Crippen LogP contribution in [0, 0.1) is 18.3 Å². The van der Waals surface area contributed by atoms with E-state index in [0.29, 0.717) is 5.69 Å². The van der Waals surface area contributed by atoms with Crippen LogP contribution in [-0.4, -0.2) is 45.8 Å². The van der Waals surface area contributed by atoms with Crippen molar-refractivity contribution in [1.29, 1.82) is 5.26 Å². The van der Waals surface area contributed by atoms with Gasteiger partial charge < -0.3 is 4.90 Å². The molecule has 3 heterocycles. The van der Waals surface area contributed by atoms with Crippen LogP contribution in [0.2, 0.25) is 5.15 Å². The van der Waals surface area contributed by atoms with Gasteiger partial charge in [0.05, 0.1) is 5.69 Å². The summed E-state index contributed by atoms with van der Waals surface area (Å²) in [4.78, 5) is 9.12. The maximum Gasteiger partial charge on any atom is 0.145 e. The molecule has 0 aromatic carbocycles. The van der Waals surface area contributed by atoms with Crippen molar-refractivity contribution in [1.82, 2.24) is 19.7 Å². The minimum absolute atomic E-state index is 0.509. The Labute approximate surface area is 153 Å². The molecule has 3 rings (SSSR count). The highest BCUT2D eigenvalue weighted by atomic mass is 35.5. The van der Waals surface area contributed by atoms with Gasteiger partial charge in [-0.05, 0) is 25.0 Å². The summed E-state index contributed by atoms with van der Waals surface area (Å²) in [6.07, 6.45) is 0.889. The Hall–Kier alpha value is -2.10. The van der Waals surface area contributed by atoms with Crippen LogP contribution >= 0.6 is 11.6 Å². The molecule has 0 bridgehead atoms. The van der Waals surface area contributed by atoms with Gasteiger partial charge in [0.15, 0.2) is 0 Å². The Balaban J connectivity index is 1.66. The van der Waals surface area contributed by atoms with Crippen molar-refractivity contribution in [2.75, 3.05) is 31.1 Å². The monoisotopic (exact) mass is 358 g/mol. The highest BCUT2D eigenvalue weighted by Crippen LogP contribution is 2.23. The predicted octanol–water partition coefficient (Wildman–Crippen LogP) is 2.53. The summed E-state index contributed by atoms with van der Waals surface area (Å²) in [6, 6.07) is 6.13. The van der Waals surface area contributed by atoms with Gasteiger partial charge in [0.1, 0.15) is 22.7 Å². The summed E-state index contributed by atoms with van der Waals surface area (Å²) >= 11 is 6.41. The van der Waals surface area contributed by atoms with Crippen molar-refractivity contribution in [3.63, 3.8) is 0 Å². The minimum Gasteiger partial charge on any atom is -0.354 e. The second kappa shape index (κ2) is 7.42. The van der Waals surface area contributed by atoms with E-state index in [0.717, 1.165) is 66.9 Å². The molecule has 0 spiro atoms. The van der Waals surface area contributed by atoms with Crippen LogP contribution in [0.15, 0.2) is 12.1 Å². The van der Waals surface area contributed by atoms with E-state index in [2.05, 4.69) is 32.9 Å². The van der Waals surface area contributed by atoms with Crippen LogP contribution in [0.1, 0.15) is 29.4 Å². The second-order valence-electron chi connectivity index (χ2n) is 6.40. The molecule has 0 radical (unpaired) electrons. The largest absolute Gasteiger partial charge is 0.354 e. The third-order valence-corrected chi connectivity index (χ3v) is 5.23. The quantitative estimate of drug-likeness (QED) is 0.840. The molecule has 0 saturated carbocycles. The zero-order chi connectivity index (χ0) is 18.0. The molecule has 2 aromatic rings. The van der Waals surface area contributed by atoms with Crippen LogP contribution < -0.4 is 4.90 Å². The van der Waals surface area contributed by atoms with Gasteiger partial charge in [-0.2, -0.15) is 10.4 Å². The lowest BCUT2D eigenvalue weighted by Gasteiger charge is -2.35. The van der Waals surface area contributed by atoms with Crippen molar-refractivity contribution in [2.24, 2.45) is 7.05 Å². The van der Waals surface area contributed by atoms with Gasteiger partial charge in [-0.1, -0.05) is 24.6 Å². The van der Waals surface area contributed by atoms with Crippen LogP contribution in [0.4, 0.5) is 5.82 Å². The third kappa shape index (κ3) is 3.63. The number of halogens is 1. The summed E-state index contributed by atoms with van der Waals surface area (Å²) in [5.74, 6) is 0.885. The molecule has 1 aliphatic heterocycles. The minimum atomic E-state index is 0.509. The molecule has 6 nitrogen and oxygen atoms in total. The molecule has 1 saturated heterocycles. The van der Waals surface area contributed by atoms with E-state index in [1.807, 2.05) is 26.1 Å². The van der Waals surface area contributed by atoms with Gasteiger partial charge >= 0.3 is 0 Å². The molecule has 0 unspecified atom stereocenters. The number of pyridine rings is 1. The molecular formula is C18H23ClN6. The normalized spacial score (nSPS) is 15.4. The number of aromatic nitrogens is 3. The van der Waals surface area contributed by atoms with E-state index in [9.17, 15) is 0 Å². The molecule has 0 amide bonds. The van der Waals surface area contributed by atoms with Gasteiger partial charge in [0, 0.05) is 45.3 Å². The number of aryl methyl sites for hydroxylation is 3. The topological polar surface area (TPSA) is 61.0 Å². The molecule has 7 heteroatoms. The van der Waals surface area contributed by atoms with Gasteiger partial charge in [-0.15, -0.1) is 0 Å². The Bertz CT molecular complexity index is 799. The first kappa shape index (κ1) is 17.7. The zero-order valence-electron chi connectivity index (χ0n) is 15.0. The van der Waals surface area contributed by atoms with Gasteiger partial charge in [0.2, 0.25) is 0 Å². The highest BCUT2D eigenvalue weighted by molar-refractivity contribution is 6.30. The van der Waals surface area contributed by atoms with Crippen LogP contribution in [-0.2, 0) is 20.0 Å². The maximum absolute atomic E-state index is 9.17. The second-order valence-corrected chi connectivity index (χ2v) is 6.76. The van der Waals surface area contributed by atoms with Crippen LogP contribution in [0.5, 0.6) is 0 Å². The van der Waals surface area contributed by atoms with E-state index in [4.69, 9.17) is 16.9 Å². The molecular weight excluding hydrogens is 336 g/mol. The smallest absolute Gasteiger partial charge is 0.145 e. The van der Waals surface area contributed by atoms with Gasteiger partial charge in [0.25, 0.3) is 0 Å². The van der Waals surface area contributed by atoms with Gasteiger partial charge in [-0.3, -0.25) is 9.58 Å². The summed E-state index contributed by atoms with van der Waals surface area (Å²) in [5, 5.41) is 14.4. The lowest BCUT2D eigenvalue weighted by Crippen LogP contribution is -2.46. The Kier molecular flexibility index (Phi) is 5.26. The van der Waals surface area contributed by atoms with Gasteiger partial charge in [-0.25, -0.2) is 4.98 Å². The number of hydrogen-bond donors (Lipinski definition) is 0. The lowest BCUT2D eigenvalue weighted by molar-refractivity contribution is 0.248. The molecule has 25 heavy (non-hydrogen) atoms. The number of nitrogens with zero attached hydrogens (tertiary/aromatic N) is 6. The fraction of sp³-hybridized carbons (Fsp3) is 0.500. The summed E-state index contributed by atoms with van der Waals surface area (Å²) in [5.41, 5.74) is 3.65. The SMILES string of the molecule is CCc1nn(C)c(Cl)c1CN1CCN(c2ccc(C)c(C#N)n2)CC1. The molecule has 1 aliphatic rings. The van der Waals surface area contributed by atoms with E-state index in [-0.39, 0.29) is 0 Å². The van der Waals surface area contributed by atoms with E-state index < -0.39 is 0 Å². The van der Waals surface area contributed by atoms with Crippen molar-refractivity contribution in [3.8, 4) is 6.07 Å². The molecule has 1 fully saturated rings. The van der Waals surface area contributed by atoms with Crippen molar-refractivity contribution >= 4 is 17.4 Å². The summed E-state index contributed by atoms with van der Waals surface area (Å²) in [6.45, 7) is 8.50. The number of anilines is 1. The summed E-state index contributed by atoms with van der Waals surface area (Å²) < 4.78 is 1.76. The van der Waals surface area contributed by atoms with E-state index >= 15 is 0 Å². The predicted molar refractivity (Wildman–Crippen MR) is 98.8 cm³/mol. The van der Waals surface area contributed by atoms with E-state index in [1.54, 1.807) is 4.68 Å². The average molecular weight is 359 g/mol. The zero-order valence-corrected chi connectivity index (χ0v) is 15.7. The Morgan fingerprint density at radius 1 is 1.24 bits per heavy atom. The van der Waals surface area contributed by atoms with Crippen LogP contribution in [0.3, 0.4) is 0 Å². The molecule has 0 atom stereocenters. The average Bonchev–Trinajstić information content (AvgIpc) is 2.90.